The van der Waals surface area contributed by atoms with E-state index in [-0.39, 0.29) is 11.5 Å². The van der Waals surface area contributed by atoms with E-state index in [1.165, 1.54) is 20.2 Å². The number of para-hydroxylation sites is 1. The Balaban J connectivity index is 1.54. The molecule has 6 nitrogen and oxygen atoms in total. The molecule has 38 heavy (non-hydrogen) atoms. The maximum absolute atomic E-state index is 13.7. The average Bonchev–Trinajstić information content (AvgIpc) is 2.91. The Kier molecular flexibility index (Phi) is 7.15. The summed E-state index contributed by atoms with van der Waals surface area (Å²) in [5.74, 6) is -0.103. The van der Waals surface area contributed by atoms with Crippen molar-refractivity contribution >= 4 is 38.5 Å². The van der Waals surface area contributed by atoms with Crippen molar-refractivity contribution in [2.45, 2.75) is 31.3 Å². The first kappa shape index (κ1) is 25.8. The van der Waals surface area contributed by atoms with Crippen LogP contribution in [0.25, 0.3) is 22.6 Å². The van der Waals surface area contributed by atoms with E-state index in [1.807, 2.05) is 42.5 Å². The third kappa shape index (κ3) is 5.12. The zero-order valence-electron chi connectivity index (χ0n) is 21.7. The zero-order valence-corrected chi connectivity index (χ0v) is 22.5. The lowest BCUT2D eigenvalue weighted by Crippen LogP contribution is -2.22. The van der Waals surface area contributed by atoms with Crippen LogP contribution in [-0.2, 0) is 27.8 Å². The Morgan fingerprint density at radius 3 is 2.50 bits per heavy atom. The molecule has 5 rings (SSSR count). The third-order valence-electron chi connectivity index (χ3n) is 6.81. The number of pyridine rings is 1. The van der Waals surface area contributed by atoms with E-state index in [1.54, 1.807) is 18.2 Å². The van der Waals surface area contributed by atoms with Crippen molar-refractivity contribution in [2.75, 3.05) is 14.1 Å². The van der Waals surface area contributed by atoms with Crippen LogP contribution in [0.3, 0.4) is 0 Å². The van der Waals surface area contributed by atoms with Crippen molar-refractivity contribution in [3.05, 3.63) is 107 Å². The summed E-state index contributed by atoms with van der Waals surface area (Å²) in [6, 6.07) is 24.3. The number of rotatable bonds is 6. The molecule has 0 bridgehead atoms. The number of carbonyl (C=O) groups is 1. The molecule has 1 aliphatic carbocycles. The van der Waals surface area contributed by atoms with Crippen LogP contribution in [-0.4, -0.2) is 37.8 Å². The second-order valence-electron chi connectivity index (χ2n) is 9.94. The second-order valence-corrected chi connectivity index (χ2v) is 12.1. The second kappa shape index (κ2) is 10.5. The third-order valence-corrected chi connectivity index (χ3v) is 8.62. The fraction of sp³-hybridized carbons (Fsp3) is 0.226. The molecular weight excluding hydrogens is 496 g/mol. The molecule has 0 radical (unpaired) electrons. The van der Waals surface area contributed by atoms with Crippen molar-refractivity contribution in [1.82, 2.24) is 9.29 Å². The maximum Gasteiger partial charge on any atom is 0.339 e. The molecule has 0 saturated heterocycles. The molecular formula is C31H30N2O4S. The monoisotopic (exact) mass is 526 g/mol. The number of carbonyl (C=O) groups excluding carboxylic acids is 1. The zero-order chi connectivity index (χ0) is 26.9. The minimum atomic E-state index is -3.59. The van der Waals surface area contributed by atoms with Crippen LogP contribution in [0, 0.1) is 5.92 Å². The predicted octanol–water partition coefficient (Wildman–Crippen LogP) is 5.97. The van der Waals surface area contributed by atoms with Crippen molar-refractivity contribution < 1.29 is 17.9 Å². The van der Waals surface area contributed by atoms with Gasteiger partial charge in [-0.05, 0) is 65.3 Å². The number of fused-ring (bicyclic) bond motifs is 2. The standard InChI is InChI=1S/C31H30N2O4S/c1-21-16-24(18-22-10-5-4-6-11-22)30-27(17-21)29(26-14-7-8-15-28(26)32-30)31(34)37-20-23-12-9-13-25(19-23)38(35,36)33(2)3/h4-15,18-19,21H,16-17,20H2,1-3H3/b24-18+/t21-/m1/s1. The molecule has 1 aliphatic rings. The van der Waals surface area contributed by atoms with E-state index < -0.39 is 16.0 Å². The SMILES string of the molecule is C[C@@H]1C/C(=C\c2ccccc2)c2nc3ccccc3c(C(=O)OCc3cccc(S(=O)(=O)N(C)C)c3)c2C1. The van der Waals surface area contributed by atoms with E-state index in [0.717, 1.165) is 50.4 Å². The highest BCUT2D eigenvalue weighted by Gasteiger charge is 2.29. The van der Waals surface area contributed by atoms with Gasteiger partial charge in [-0.3, -0.25) is 0 Å². The number of hydrogen-bond acceptors (Lipinski definition) is 5. The van der Waals surface area contributed by atoms with Gasteiger partial charge in [-0.15, -0.1) is 0 Å². The first-order chi connectivity index (χ1) is 18.2. The summed E-state index contributed by atoms with van der Waals surface area (Å²) in [5.41, 5.74) is 5.82. The fourth-order valence-corrected chi connectivity index (χ4v) is 5.92. The van der Waals surface area contributed by atoms with E-state index in [4.69, 9.17) is 9.72 Å². The van der Waals surface area contributed by atoms with Gasteiger partial charge in [-0.1, -0.05) is 67.6 Å². The highest BCUT2D eigenvalue weighted by Crippen LogP contribution is 2.38. The molecule has 1 aromatic heterocycles. The molecule has 0 unspecified atom stereocenters. The lowest BCUT2D eigenvalue weighted by Gasteiger charge is -2.26. The van der Waals surface area contributed by atoms with Crippen LogP contribution >= 0.6 is 0 Å². The average molecular weight is 527 g/mol. The van der Waals surface area contributed by atoms with Gasteiger partial charge in [0.2, 0.25) is 10.0 Å². The number of allylic oxidation sites excluding steroid dienone is 1. The van der Waals surface area contributed by atoms with Crippen LogP contribution in [0.1, 0.15) is 46.1 Å². The predicted molar refractivity (Wildman–Crippen MR) is 150 cm³/mol. The van der Waals surface area contributed by atoms with Crippen molar-refractivity contribution in [3.63, 3.8) is 0 Å². The normalized spacial score (nSPS) is 16.5. The van der Waals surface area contributed by atoms with Gasteiger partial charge in [-0.2, -0.15) is 0 Å². The van der Waals surface area contributed by atoms with Crippen LogP contribution in [0.2, 0.25) is 0 Å². The molecule has 0 spiro atoms. The lowest BCUT2D eigenvalue weighted by molar-refractivity contribution is 0.0473. The highest BCUT2D eigenvalue weighted by molar-refractivity contribution is 7.89. The number of benzene rings is 3. The Hall–Kier alpha value is -3.81. The van der Waals surface area contributed by atoms with Gasteiger partial charge in [0.15, 0.2) is 0 Å². The molecule has 0 N–H and O–H groups in total. The molecule has 0 saturated carbocycles. The summed E-state index contributed by atoms with van der Waals surface area (Å²) in [6.07, 6.45) is 3.75. The van der Waals surface area contributed by atoms with Crippen molar-refractivity contribution in [2.24, 2.45) is 5.92 Å². The van der Waals surface area contributed by atoms with Gasteiger partial charge in [0, 0.05) is 19.5 Å². The highest BCUT2D eigenvalue weighted by atomic mass is 32.2. The summed E-state index contributed by atoms with van der Waals surface area (Å²) >= 11 is 0. The van der Waals surface area contributed by atoms with E-state index in [9.17, 15) is 13.2 Å². The summed E-state index contributed by atoms with van der Waals surface area (Å²) in [7, 11) is -0.616. The van der Waals surface area contributed by atoms with Gasteiger partial charge < -0.3 is 4.74 Å². The number of aromatic nitrogens is 1. The molecule has 1 heterocycles. The number of esters is 1. The number of hydrogen-bond donors (Lipinski definition) is 0. The van der Waals surface area contributed by atoms with Gasteiger partial charge in [0.1, 0.15) is 6.61 Å². The first-order valence-corrected chi connectivity index (χ1v) is 14.0. The van der Waals surface area contributed by atoms with Gasteiger partial charge in [0.05, 0.1) is 21.7 Å². The summed E-state index contributed by atoms with van der Waals surface area (Å²) in [6.45, 7) is 2.14. The topological polar surface area (TPSA) is 76.6 Å². The molecule has 4 aromatic rings. The number of nitrogens with zero attached hydrogens (tertiary/aromatic N) is 2. The summed E-state index contributed by atoms with van der Waals surface area (Å²) in [5, 5.41) is 0.758. The van der Waals surface area contributed by atoms with E-state index >= 15 is 0 Å². The Morgan fingerprint density at radius 1 is 1.00 bits per heavy atom. The van der Waals surface area contributed by atoms with Crippen molar-refractivity contribution in [3.8, 4) is 0 Å². The first-order valence-electron chi connectivity index (χ1n) is 12.6. The largest absolute Gasteiger partial charge is 0.457 e. The molecule has 7 heteroatoms. The molecule has 1 atom stereocenters. The quantitative estimate of drug-likeness (QED) is 0.290. The van der Waals surface area contributed by atoms with Gasteiger partial charge >= 0.3 is 5.97 Å². The number of sulfonamides is 1. The smallest absolute Gasteiger partial charge is 0.339 e. The molecule has 0 aliphatic heterocycles. The summed E-state index contributed by atoms with van der Waals surface area (Å²) < 4.78 is 32.1. The van der Waals surface area contributed by atoms with E-state index in [2.05, 4.69) is 25.1 Å². The summed E-state index contributed by atoms with van der Waals surface area (Å²) in [4.78, 5) is 18.8. The minimum Gasteiger partial charge on any atom is -0.457 e. The van der Waals surface area contributed by atoms with E-state index in [0.29, 0.717) is 17.0 Å². The number of ether oxygens (including phenoxy) is 1. The van der Waals surface area contributed by atoms with Crippen LogP contribution < -0.4 is 0 Å². The van der Waals surface area contributed by atoms with Gasteiger partial charge in [0.25, 0.3) is 0 Å². The molecule has 3 aromatic carbocycles. The molecule has 0 fully saturated rings. The van der Waals surface area contributed by atoms with Crippen LogP contribution in [0.4, 0.5) is 0 Å². The van der Waals surface area contributed by atoms with Gasteiger partial charge in [-0.25, -0.2) is 22.5 Å². The molecule has 194 valence electrons. The fourth-order valence-electron chi connectivity index (χ4n) is 4.95. The van der Waals surface area contributed by atoms with Crippen LogP contribution in [0.15, 0.2) is 83.8 Å². The Labute approximate surface area is 223 Å². The van der Waals surface area contributed by atoms with Crippen molar-refractivity contribution in [1.29, 1.82) is 0 Å². The Bertz CT molecular complexity index is 1640. The Morgan fingerprint density at radius 2 is 1.74 bits per heavy atom. The van der Waals surface area contributed by atoms with Crippen LogP contribution in [0.5, 0.6) is 0 Å². The lowest BCUT2D eigenvalue weighted by atomic mass is 9.80. The maximum atomic E-state index is 13.7. The minimum absolute atomic E-state index is 0.0384. The molecule has 0 amide bonds.